The summed E-state index contributed by atoms with van der Waals surface area (Å²) in [6.07, 6.45) is 1.79. The lowest BCUT2D eigenvalue weighted by Crippen LogP contribution is -2.52. The van der Waals surface area contributed by atoms with Gasteiger partial charge in [0.15, 0.2) is 8.32 Å². The molecule has 0 bridgehead atoms. The van der Waals surface area contributed by atoms with E-state index in [-0.39, 0.29) is 6.09 Å². The molecule has 0 saturated carbocycles. The zero-order valence-corrected chi connectivity index (χ0v) is 22.8. The molecule has 1 aromatic carbocycles. The first-order chi connectivity index (χ1) is 14.0. The topological polar surface area (TPSA) is 38.8 Å². The van der Waals surface area contributed by atoms with Gasteiger partial charge in [0.2, 0.25) is 0 Å². The predicted molar refractivity (Wildman–Crippen MR) is 134 cm³/mol. The Morgan fingerprint density at radius 1 is 0.967 bits per heavy atom. The number of carbonyl (C=O) groups is 1. The molecule has 0 N–H and O–H groups in total. The van der Waals surface area contributed by atoms with E-state index in [2.05, 4.69) is 61.6 Å². The van der Waals surface area contributed by atoms with Crippen LogP contribution in [0.4, 0.5) is 10.5 Å². The van der Waals surface area contributed by atoms with Crippen LogP contribution >= 0.6 is 0 Å². The highest BCUT2D eigenvalue weighted by molar-refractivity contribution is 6.79. The smallest absolute Gasteiger partial charge is 0.400 e. The fraction of sp³-hybridized carbons (Fsp3) is 0.708. The van der Waals surface area contributed by atoms with Crippen molar-refractivity contribution in [2.75, 3.05) is 18.1 Å². The van der Waals surface area contributed by atoms with Gasteiger partial charge in [0.05, 0.1) is 0 Å². The van der Waals surface area contributed by atoms with E-state index in [1.807, 2.05) is 35.2 Å². The Bertz CT molecular complexity index is 611. The quantitative estimate of drug-likeness (QED) is 0.304. The van der Waals surface area contributed by atoms with Crippen molar-refractivity contribution in [1.29, 1.82) is 0 Å². The molecule has 4 nitrogen and oxygen atoms in total. The zero-order chi connectivity index (χ0) is 22.9. The third kappa shape index (κ3) is 7.24. The highest BCUT2D eigenvalue weighted by Gasteiger charge is 2.49. The van der Waals surface area contributed by atoms with Crippen LogP contribution in [-0.4, -0.2) is 35.9 Å². The molecule has 0 fully saturated rings. The van der Waals surface area contributed by atoms with Gasteiger partial charge in [-0.2, -0.15) is 0 Å². The Morgan fingerprint density at radius 2 is 1.50 bits per heavy atom. The molecule has 0 heterocycles. The minimum atomic E-state index is -2.29. The molecule has 1 aromatic rings. The van der Waals surface area contributed by atoms with Crippen molar-refractivity contribution in [2.24, 2.45) is 0 Å². The van der Waals surface area contributed by atoms with E-state index in [0.29, 0.717) is 23.2 Å². The van der Waals surface area contributed by atoms with Crippen LogP contribution in [0.2, 0.25) is 35.8 Å². The third-order valence-electron chi connectivity index (χ3n) is 6.12. The Labute approximate surface area is 187 Å². The number of benzene rings is 1. The van der Waals surface area contributed by atoms with Gasteiger partial charge in [-0.1, -0.05) is 66.7 Å². The maximum absolute atomic E-state index is 13.5. The second kappa shape index (κ2) is 12.1. The van der Waals surface area contributed by atoms with Crippen LogP contribution in [0.3, 0.4) is 0 Å². The van der Waals surface area contributed by atoms with Crippen molar-refractivity contribution in [3.63, 3.8) is 0 Å². The van der Waals surface area contributed by atoms with Crippen LogP contribution in [0.15, 0.2) is 30.3 Å². The summed E-state index contributed by atoms with van der Waals surface area (Å²) in [7, 11) is -3.98. The first-order valence-corrected chi connectivity index (χ1v) is 16.9. The van der Waals surface area contributed by atoms with Crippen molar-refractivity contribution >= 4 is 28.4 Å². The van der Waals surface area contributed by atoms with Crippen molar-refractivity contribution in [3.8, 4) is 0 Å². The Morgan fingerprint density at radius 3 is 1.97 bits per heavy atom. The van der Waals surface area contributed by atoms with E-state index in [1.165, 1.54) is 0 Å². The van der Waals surface area contributed by atoms with Crippen LogP contribution in [-0.2, 0) is 8.85 Å². The van der Waals surface area contributed by atoms with Gasteiger partial charge < -0.3 is 8.85 Å². The summed E-state index contributed by atoms with van der Waals surface area (Å²) in [5.41, 5.74) is 2.02. The molecule has 30 heavy (non-hydrogen) atoms. The van der Waals surface area contributed by atoms with Gasteiger partial charge in [0.1, 0.15) is 0 Å². The molecule has 0 aliphatic rings. The molecule has 172 valence electrons. The monoisotopic (exact) mass is 451 g/mol. The first kappa shape index (κ1) is 26.9. The highest BCUT2D eigenvalue weighted by atomic mass is 28.4. The molecule has 0 spiro atoms. The second-order valence-electron chi connectivity index (χ2n) is 9.88. The molecule has 1 amide bonds. The van der Waals surface area contributed by atoms with E-state index in [1.54, 1.807) is 0 Å². The SMILES string of the molecule is CCCO[Si](C)(C)CCCN(C(=O)O[Si](C(C)C)(C(C)C)C(C)C)c1ccccc1. The van der Waals surface area contributed by atoms with Gasteiger partial charge in [-0.3, -0.25) is 4.90 Å². The van der Waals surface area contributed by atoms with Crippen LogP contribution in [0.25, 0.3) is 0 Å². The van der Waals surface area contributed by atoms with Gasteiger partial charge in [-0.05, 0) is 60.7 Å². The average molecular weight is 452 g/mol. The lowest BCUT2D eigenvalue weighted by Gasteiger charge is -2.42. The maximum atomic E-state index is 13.5. The maximum Gasteiger partial charge on any atom is 0.400 e. The van der Waals surface area contributed by atoms with Gasteiger partial charge >= 0.3 is 6.09 Å². The number of anilines is 1. The summed E-state index contributed by atoms with van der Waals surface area (Å²) in [6.45, 7) is 21.4. The highest BCUT2D eigenvalue weighted by Crippen LogP contribution is 2.42. The minimum absolute atomic E-state index is 0.182. The van der Waals surface area contributed by atoms with E-state index in [4.69, 9.17) is 8.85 Å². The molecule has 0 aliphatic heterocycles. The summed E-state index contributed by atoms with van der Waals surface area (Å²) in [5, 5.41) is 0. The number of hydrogen-bond acceptors (Lipinski definition) is 3. The van der Waals surface area contributed by atoms with Gasteiger partial charge in [0.25, 0.3) is 8.32 Å². The molecule has 1 rings (SSSR count). The predicted octanol–water partition coefficient (Wildman–Crippen LogP) is 7.83. The lowest BCUT2D eigenvalue weighted by molar-refractivity contribution is 0.200. The average Bonchev–Trinajstić information content (AvgIpc) is 2.67. The Balaban J connectivity index is 3.04. The fourth-order valence-electron chi connectivity index (χ4n) is 4.61. The van der Waals surface area contributed by atoms with Crippen LogP contribution < -0.4 is 4.90 Å². The summed E-state index contributed by atoms with van der Waals surface area (Å²) in [5.74, 6) is 0. The lowest BCUT2D eigenvalue weighted by atomic mass is 10.3. The fourth-order valence-corrected chi connectivity index (χ4v) is 11.6. The van der Waals surface area contributed by atoms with Crippen LogP contribution in [0.1, 0.15) is 61.3 Å². The number of amides is 1. The van der Waals surface area contributed by atoms with E-state index in [9.17, 15) is 4.79 Å². The number of rotatable bonds is 12. The van der Waals surface area contributed by atoms with E-state index >= 15 is 0 Å². The molecule has 0 atom stereocenters. The molecule has 0 unspecified atom stereocenters. The number of para-hydroxylation sites is 1. The molecule has 0 radical (unpaired) electrons. The van der Waals surface area contributed by atoms with Crippen molar-refractivity contribution in [2.45, 2.75) is 97.1 Å². The second-order valence-corrected chi connectivity index (χ2v) is 19.6. The van der Waals surface area contributed by atoms with Crippen molar-refractivity contribution < 1.29 is 13.6 Å². The molecule has 6 heteroatoms. The van der Waals surface area contributed by atoms with E-state index in [0.717, 1.165) is 31.2 Å². The zero-order valence-electron chi connectivity index (χ0n) is 20.8. The van der Waals surface area contributed by atoms with E-state index < -0.39 is 16.6 Å². The number of carbonyl (C=O) groups excluding carboxylic acids is 1. The normalized spacial score (nSPS) is 12.7. The van der Waals surface area contributed by atoms with Crippen molar-refractivity contribution in [3.05, 3.63) is 30.3 Å². The van der Waals surface area contributed by atoms with Gasteiger partial charge in [0, 0.05) is 18.8 Å². The molecular formula is C24H45NO3Si2. The Hall–Kier alpha value is -1.12. The summed E-state index contributed by atoms with van der Waals surface area (Å²) in [6, 6.07) is 11.0. The number of hydrogen-bond donors (Lipinski definition) is 0. The first-order valence-electron chi connectivity index (χ1n) is 11.7. The van der Waals surface area contributed by atoms with Gasteiger partial charge in [-0.25, -0.2) is 4.79 Å². The molecule has 0 aliphatic carbocycles. The molecule has 0 saturated heterocycles. The molecular weight excluding hydrogens is 406 g/mol. The van der Waals surface area contributed by atoms with Crippen LogP contribution in [0.5, 0.6) is 0 Å². The molecule has 0 aromatic heterocycles. The third-order valence-corrected chi connectivity index (χ3v) is 14.6. The summed E-state index contributed by atoms with van der Waals surface area (Å²) < 4.78 is 12.6. The number of nitrogens with zero attached hydrogens (tertiary/aromatic N) is 1. The van der Waals surface area contributed by atoms with Crippen LogP contribution in [0, 0.1) is 0 Å². The minimum Gasteiger partial charge on any atom is -0.502 e. The summed E-state index contributed by atoms with van der Waals surface area (Å²) in [4.78, 5) is 15.4. The summed E-state index contributed by atoms with van der Waals surface area (Å²) >= 11 is 0. The van der Waals surface area contributed by atoms with Gasteiger partial charge in [-0.15, -0.1) is 0 Å². The van der Waals surface area contributed by atoms with Crippen molar-refractivity contribution in [1.82, 2.24) is 0 Å². The largest absolute Gasteiger partial charge is 0.502 e. The Kier molecular flexibility index (Phi) is 10.8. The standard InChI is InChI=1S/C24H45NO3Si2/c1-10-18-27-29(8,9)19-14-17-25(23-15-12-11-13-16-23)24(26)28-30(20(2)3,21(4)5)22(6)7/h11-13,15-16,20-22H,10,14,17-19H2,1-9H3.